The van der Waals surface area contributed by atoms with Gasteiger partial charge in [-0.15, -0.1) is 0 Å². The Morgan fingerprint density at radius 2 is 2.00 bits per heavy atom. The third kappa shape index (κ3) is 3.38. The second-order valence-electron chi connectivity index (χ2n) is 4.45. The van der Waals surface area contributed by atoms with Crippen molar-refractivity contribution in [3.63, 3.8) is 0 Å². The summed E-state index contributed by atoms with van der Waals surface area (Å²) in [4.78, 5) is 26.1. The SMILES string of the molecule is Cc1ccc(C)c(Sc2nc(C(=O)O)ccc2[N+](=O)[O-])c1. The fourth-order valence-electron chi connectivity index (χ4n) is 1.69. The first-order valence-electron chi connectivity index (χ1n) is 6.02. The fraction of sp³-hybridized carbons (Fsp3) is 0.143. The molecule has 0 atom stereocenters. The summed E-state index contributed by atoms with van der Waals surface area (Å²) in [7, 11) is 0. The summed E-state index contributed by atoms with van der Waals surface area (Å²) in [5.41, 5.74) is 1.54. The maximum absolute atomic E-state index is 11.0. The van der Waals surface area contributed by atoms with Gasteiger partial charge in [0.2, 0.25) is 0 Å². The number of aromatic carboxylic acids is 1. The Balaban J connectivity index is 2.50. The van der Waals surface area contributed by atoms with E-state index in [1.54, 1.807) is 0 Å². The maximum atomic E-state index is 11.0. The Hall–Kier alpha value is -2.41. The molecule has 0 bridgehead atoms. The molecule has 0 saturated carbocycles. The van der Waals surface area contributed by atoms with Crippen molar-refractivity contribution in [1.29, 1.82) is 0 Å². The van der Waals surface area contributed by atoms with E-state index >= 15 is 0 Å². The lowest BCUT2D eigenvalue weighted by Gasteiger charge is -2.07. The average Bonchev–Trinajstić information content (AvgIpc) is 2.42. The Labute approximate surface area is 125 Å². The van der Waals surface area contributed by atoms with Gasteiger partial charge in [-0.1, -0.05) is 23.9 Å². The van der Waals surface area contributed by atoms with Gasteiger partial charge in [0.25, 0.3) is 0 Å². The van der Waals surface area contributed by atoms with Crippen LogP contribution < -0.4 is 0 Å². The van der Waals surface area contributed by atoms with Gasteiger partial charge in [-0.3, -0.25) is 10.1 Å². The van der Waals surface area contributed by atoms with Crippen LogP contribution in [0.2, 0.25) is 0 Å². The lowest BCUT2D eigenvalue weighted by Crippen LogP contribution is -2.03. The van der Waals surface area contributed by atoms with Gasteiger partial charge < -0.3 is 5.11 Å². The standard InChI is InChI=1S/C14H12N2O4S/c1-8-3-4-9(2)12(7-8)21-13-11(16(19)20)6-5-10(15-13)14(17)18/h3-7H,1-2H3,(H,17,18). The van der Waals surface area contributed by atoms with Crippen molar-refractivity contribution >= 4 is 23.4 Å². The highest BCUT2D eigenvalue weighted by Gasteiger charge is 2.20. The molecule has 0 unspecified atom stereocenters. The van der Waals surface area contributed by atoms with Gasteiger partial charge >= 0.3 is 11.7 Å². The summed E-state index contributed by atoms with van der Waals surface area (Å²) in [5, 5.41) is 20.1. The van der Waals surface area contributed by atoms with E-state index in [2.05, 4.69) is 4.98 Å². The molecule has 0 fully saturated rings. The molecular weight excluding hydrogens is 292 g/mol. The van der Waals surface area contributed by atoms with E-state index in [1.165, 1.54) is 6.07 Å². The normalized spacial score (nSPS) is 10.4. The highest BCUT2D eigenvalue weighted by molar-refractivity contribution is 7.99. The molecule has 108 valence electrons. The van der Waals surface area contributed by atoms with E-state index in [0.29, 0.717) is 0 Å². The van der Waals surface area contributed by atoms with Gasteiger partial charge in [0.15, 0.2) is 5.03 Å². The van der Waals surface area contributed by atoms with Crippen molar-refractivity contribution in [2.24, 2.45) is 0 Å². The summed E-state index contributed by atoms with van der Waals surface area (Å²) in [6.07, 6.45) is 0. The van der Waals surface area contributed by atoms with Crippen LogP contribution in [0.3, 0.4) is 0 Å². The molecule has 21 heavy (non-hydrogen) atoms. The van der Waals surface area contributed by atoms with E-state index in [9.17, 15) is 14.9 Å². The quantitative estimate of drug-likeness (QED) is 0.686. The van der Waals surface area contributed by atoms with Crippen LogP contribution in [0.5, 0.6) is 0 Å². The zero-order chi connectivity index (χ0) is 15.6. The molecule has 2 aromatic rings. The molecule has 1 N–H and O–H groups in total. The zero-order valence-electron chi connectivity index (χ0n) is 11.4. The second kappa shape index (κ2) is 5.92. The summed E-state index contributed by atoms with van der Waals surface area (Å²) >= 11 is 1.10. The van der Waals surface area contributed by atoms with Crippen LogP contribution >= 0.6 is 11.8 Å². The number of benzene rings is 1. The smallest absolute Gasteiger partial charge is 0.354 e. The molecular formula is C14H12N2O4S. The van der Waals surface area contributed by atoms with Gasteiger partial charge in [0.05, 0.1) is 4.92 Å². The van der Waals surface area contributed by atoms with E-state index in [0.717, 1.165) is 33.9 Å². The molecule has 1 heterocycles. The number of hydrogen-bond acceptors (Lipinski definition) is 5. The molecule has 1 aromatic carbocycles. The van der Waals surface area contributed by atoms with Crippen molar-refractivity contribution in [1.82, 2.24) is 4.98 Å². The van der Waals surface area contributed by atoms with Gasteiger partial charge in [-0.2, -0.15) is 0 Å². The number of carbonyl (C=O) groups is 1. The molecule has 0 aliphatic heterocycles. The van der Waals surface area contributed by atoms with Crippen molar-refractivity contribution in [2.75, 3.05) is 0 Å². The zero-order valence-corrected chi connectivity index (χ0v) is 12.2. The molecule has 1 aromatic heterocycles. The first kappa shape index (κ1) is 15.0. The number of aryl methyl sites for hydroxylation is 2. The van der Waals surface area contributed by atoms with Crippen LogP contribution in [0.1, 0.15) is 21.6 Å². The van der Waals surface area contributed by atoms with Gasteiger partial charge in [-0.05, 0) is 37.1 Å². The minimum atomic E-state index is -1.22. The molecule has 2 rings (SSSR count). The lowest BCUT2D eigenvalue weighted by molar-refractivity contribution is -0.388. The highest BCUT2D eigenvalue weighted by atomic mass is 32.2. The Bertz CT molecular complexity index is 731. The number of aromatic nitrogens is 1. The monoisotopic (exact) mass is 304 g/mol. The maximum Gasteiger partial charge on any atom is 0.354 e. The van der Waals surface area contributed by atoms with Crippen LogP contribution in [-0.2, 0) is 0 Å². The van der Waals surface area contributed by atoms with Crippen molar-refractivity contribution in [3.8, 4) is 0 Å². The van der Waals surface area contributed by atoms with Gasteiger partial charge in [-0.25, -0.2) is 9.78 Å². The minimum absolute atomic E-state index is 0.0774. The third-order valence-corrected chi connectivity index (χ3v) is 3.96. The van der Waals surface area contributed by atoms with Crippen molar-refractivity contribution < 1.29 is 14.8 Å². The Morgan fingerprint density at radius 1 is 1.29 bits per heavy atom. The second-order valence-corrected chi connectivity index (χ2v) is 5.48. The summed E-state index contributed by atoms with van der Waals surface area (Å²) < 4.78 is 0. The number of rotatable bonds is 4. The summed E-state index contributed by atoms with van der Waals surface area (Å²) in [6, 6.07) is 8.04. The predicted octanol–water partition coefficient (Wildman–Crippen LogP) is 3.46. The number of hydrogen-bond donors (Lipinski definition) is 1. The number of carboxylic acids is 1. The van der Waals surface area contributed by atoms with Crippen LogP contribution in [0.4, 0.5) is 5.69 Å². The van der Waals surface area contributed by atoms with E-state index in [1.807, 2.05) is 32.0 Å². The first-order valence-corrected chi connectivity index (χ1v) is 6.84. The number of nitrogens with zero attached hydrogens (tertiary/aromatic N) is 2. The van der Waals surface area contributed by atoms with Gasteiger partial charge in [0.1, 0.15) is 5.69 Å². The average molecular weight is 304 g/mol. The summed E-state index contributed by atoms with van der Waals surface area (Å²) in [6.45, 7) is 3.80. The van der Waals surface area contributed by atoms with Gasteiger partial charge in [0, 0.05) is 11.0 Å². The molecule has 7 heteroatoms. The number of nitro groups is 1. The minimum Gasteiger partial charge on any atom is -0.477 e. The van der Waals surface area contributed by atoms with E-state index < -0.39 is 10.9 Å². The largest absolute Gasteiger partial charge is 0.477 e. The van der Waals surface area contributed by atoms with Crippen LogP contribution in [0.15, 0.2) is 40.3 Å². The summed E-state index contributed by atoms with van der Waals surface area (Å²) in [5.74, 6) is -1.22. The van der Waals surface area contributed by atoms with E-state index in [-0.39, 0.29) is 16.4 Å². The van der Waals surface area contributed by atoms with Crippen molar-refractivity contribution in [3.05, 3.63) is 57.3 Å². The third-order valence-electron chi connectivity index (χ3n) is 2.81. The highest BCUT2D eigenvalue weighted by Crippen LogP contribution is 2.35. The van der Waals surface area contributed by atoms with Crippen LogP contribution in [-0.4, -0.2) is 21.0 Å². The van der Waals surface area contributed by atoms with Crippen molar-refractivity contribution in [2.45, 2.75) is 23.8 Å². The molecule has 6 nitrogen and oxygen atoms in total. The number of carboxylic acid groups (broad SMARTS) is 1. The fourth-order valence-corrected chi connectivity index (χ4v) is 2.76. The van der Waals surface area contributed by atoms with Crippen LogP contribution in [0.25, 0.3) is 0 Å². The van der Waals surface area contributed by atoms with E-state index in [4.69, 9.17) is 5.11 Å². The molecule has 0 aliphatic carbocycles. The Kier molecular flexibility index (Phi) is 4.23. The number of pyridine rings is 1. The predicted molar refractivity (Wildman–Crippen MR) is 77.9 cm³/mol. The topological polar surface area (TPSA) is 93.3 Å². The lowest BCUT2D eigenvalue weighted by atomic mass is 10.2. The Morgan fingerprint density at radius 3 is 2.62 bits per heavy atom. The molecule has 0 radical (unpaired) electrons. The first-order chi connectivity index (χ1) is 9.88. The molecule has 0 aliphatic rings. The molecule has 0 amide bonds. The van der Waals surface area contributed by atoms with Crippen LogP contribution in [0, 0.1) is 24.0 Å². The molecule has 0 spiro atoms. The molecule has 0 saturated heterocycles.